The standard InChI is InChI=1S/C28H28N4O2/c33-26(22-6-7-22)31-14-10-18(16-31)17-32-25(30-28(11-12-28)27(32)34)21-4-1-19(2-5-21)23-8-3-20-9-13-29-24(20)15-23/h1-5,8-9,13,15,18,22,29H,6-7,10-12,14,16-17H2. The summed E-state index contributed by atoms with van der Waals surface area (Å²) in [5.41, 5.74) is 3.90. The highest BCUT2D eigenvalue weighted by molar-refractivity contribution is 6.16. The SMILES string of the molecule is O=C(C1CC1)N1CCC(CN2C(=O)C3(CC3)N=C2c2ccc(-c3ccc4cc[nH]c4c3)cc2)C1. The second-order valence-corrected chi connectivity index (χ2v) is 10.5. The van der Waals surface area contributed by atoms with Crippen LogP contribution < -0.4 is 0 Å². The summed E-state index contributed by atoms with van der Waals surface area (Å²) in [6.07, 6.45) is 6.69. The maximum absolute atomic E-state index is 13.3. The molecule has 1 saturated heterocycles. The van der Waals surface area contributed by atoms with Crippen molar-refractivity contribution < 1.29 is 9.59 Å². The monoisotopic (exact) mass is 452 g/mol. The highest BCUT2D eigenvalue weighted by Gasteiger charge is 2.57. The van der Waals surface area contributed by atoms with Crippen LogP contribution in [0.2, 0.25) is 0 Å². The Hall–Kier alpha value is -3.41. The first-order valence-electron chi connectivity index (χ1n) is 12.5. The van der Waals surface area contributed by atoms with Crippen molar-refractivity contribution in [2.75, 3.05) is 19.6 Å². The molecule has 2 saturated carbocycles. The van der Waals surface area contributed by atoms with Gasteiger partial charge in [-0.3, -0.25) is 19.5 Å². The minimum Gasteiger partial charge on any atom is -0.361 e. The van der Waals surface area contributed by atoms with E-state index in [9.17, 15) is 9.59 Å². The number of nitrogens with zero attached hydrogens (tertiary/aromatic N) is 3. The molecular weight excluding hydrogens is 424 g/mol. The van der Waals surface area contributed by atoms with Crippen LogP contribution in [0.5, 0.6) is 0 Å². The lowest BCUT2D eigenvalue weighted by Crippen LogP contribution is -2.40. The number of hydrogen-bond acceptors (Lipinski definition) is 3. The summed E-state index contributed by atoms with van der Waals surface area (Å²) in [6, 6.07) is 16.9. The largest absolute Gasteiger partial charge is 0.361 e. The average Bonchev–Trinajstić information content (AvgIpc) is 3.74. The predicted molar refractivity (Wildman–Crippen MR) is 131 cm³/mol. The average molecular weight is 453 g/mol. The number of amides is 2. The van der Waals surface area contributed by atoms with Crippen LogP contribution in [0, 0.1) is 11.8 Å². The van der Waals surface area contributed by atoms with Gasteiger partial charge in [-0.2, -0.15) is 0 Å². The van der Waals surface area contributed by atoms with Crippen LogP contribution in [0.1, 0.15) is 37.7 Å². The highest BCUT2D eigenvalue weighted by Crippen LogP contribution is 2.46. The van der Waals surface area contributed by atoms with Crippen molar-refractivity contribution in [3.8, 4) is 11.1 Å². The van der Waals surface area contributed by atoms with E-state index in [2.05, 4.69) is 53.5 Å². The first-order valence-corrected chi connectivity index (χ1v) is 12.5. The summed E-state index contributed by atoms with van der Waals surface area (Å²) in [6.45, 7) is 2.23. The molecule has 2 aromatic carbocycles. The van der Waals surface area contributed by atoms with E-state index in [-0.39, 0.29) is 11.8 Å². The summed E-state index contributed by atoms with van der Waals surface area (Å²) >= 11 is 0. The van der Waals surface area contributed by atoms with Crippen molar-refractivity contribution in [2.45, 2.75) is 37.6 Å². The predicted octanol–water partition coefficient (Wildman–Crippen LogP) is 4.21. The number of nitrogens with one attached hydrogen (secondary N) is 1. The molecular formula is C28H28N4O2. The fraction of sp³-hybridized carbons (Fsp3) is 0.393. The molecule has 2 aliphatic heterocycles. The molecule has 0 radical (unpaired) electrons. The maximum atomic E-state index is 13.3. The third-order valence-corrected chi connectivity index (χ3v) is 7.94. The van der Waals surface area contributed by atoms with E-state index in [0.29, 0.717) is 18.4 Å². The van der Waals surface area contributed by atoms with E-state index >= 15 is 0 Å². The molecule has 3 aromatic rings. The van der Waals surface area contributed by atoms with E-state index in [1.54, 1.807) is 0 Å². The van der Waals surface area contributed by atoms with Gasteiger partial charge in [0.25, 0.3) is 5.91 Å². The fourth-order valence-electron chi connectivity index (χ4n) is 5.56. The summed E-state index contributed by atoms with van der Waals surface area (Å²) < 4.78 is 0. The first kappa shape index (κ1) is 20.0. The van der Waals surface area contributed by atoms with Gasteiger partial charge in [0.05, 0.1) is 0 Å². The second-order valence-electron chi connectivity index (χ2n) is 10.5. The number of amidine groups is 1. The first-order chi connectivity index (χ1) is 16.6. The van der Waals surface area contributed by atoms with Crippen molar-refractivity contribution in [1.82, 2.24) is 14.8 Å². The van der Waals surface area contributed by atoms with Gasteiger partial charge in [0.2, 0.25) is 5.91 Å². The molecule has 3 heterocycles. The second kappa shape index (κ2) is 7.29. The zero-order valence-corrected chi connectivity index (χ0v) is 19.2. The molecule has 1 atom stereocenters. The minimum absolute atomic E-state index is 0.149. The van der Waals surface area contributed by atoms with E-state index in [1.807, 2.05) is 16.0 Å². The van der Waals surface area contributed by atoms with Crippen LogP contribution in [0.25, 0.3) is 22.0 Å². The van der Waals surface area contributed by atoms with E-state index in [0.717, 1.165) is 73.2 Å². The van der Waals surface area contributed by atoms with Gasteiger partial charge in [0, 0.05) is 42.8 Å². The molecule has 4 aliphatic rings. The fourth-order valence-corrected chi connectivity index (χ4v) is 5.56. The number of benzene rings is 2. The van der Waals surface area contributed by atoms with Crippen molar-refractivity contribution >= 4 is 28.6 Å². The highest BCUT2D eigenvalue weighted by atomic mass is 16.2. The van der Waals surface area contributed by atoms with Crippen LogP contribution in [0.4, 0.5) is 0 Å². The third-order valence-electron chi connectivity index (χ3n) is 7.94. The van der Waals surface area contributed by atoms with Crippen LogP contribution in [-0.2, 0) is 9.59 Å². The summed E-state index contributed by atoms with van der Waals surface area (Å²) in [4.78, 5) is 37.9. The summed E-state index contributed by atoms with van der Waals surface area (Å²) in [5.74, 6) is 1.85. The van der Waals surface area contributed by atoms with Gasteiger partial charge in [-0.15, -0.1) is 0 Å². The maximum Gasteiger partial charge on any atom is 0.256 e. The molecule has 1 spiro atoms. The lowest BCUT2D eigenvalue weighted by molar-refractivity contribution is -0.131. The molecule has 2 amide bonds. The Bertz CT molecular complexity index is 1330. The Morgan fingerprint density at radius 2 is 1.76 bits per heavy atom. The number of rotatable bonds is 5. The molecule has 6 nitrogen and oxygen atoms in total. The zero-order chi connectivity index (χ0) is 22.9. The number of carbonyl (C=O) groups excluding carboxylic acids is 2. The number of likely N-dealkylation sites (tertiary alicyclic amines) is 1. The Morgan fingerprint density at radius 1 is 1.00 bits per heavy atom. The number of carbonyl (C=O) groups is 2. The van der Waals surface area contributed by atoms with Crippen molar-refractivity contribution in [2.24, 2.45) is 16.8 Å². The Balaban J connectivity index is 1.12. The molecule has 6 heteroatoms. The van der Waals surface area contributed by atoms with Gasteiger partial charge >= 0.3 is 0 Å². The number of aromatic nitrogens is 1. The number of aliphatic imine (C=N–C) groups is 1. The normalized spacial score (nSPS) is 23.2. The summed E-state index contributed by atoms with van der Waals surface area (Å²) in [7, 11) is 0. The number of aromatic amines is 1. The van der Waals surface area contributed by atoms with E-state index in [4.69, 9.17) is 4.99 Å². The lowest BCUT2D eigenvalue weighted by atomic mass is 10.0. The molecule has 2 aliphatic carbocycles. The molecule has 1 N–H and O–H groups in total. The van der Waals surface area contributed by atoms with Crippen molar-refractivity contribution in [3.05, 3.63) is 60.3 Å². The third kappa shape index (κ3) is 3.27. The minimum atomic E-state index is -0.519. The molecule has 3 fully saturated rings. The smallest absolute Gasteiger partial charge is 0.256 e. The molecule has 172 valence electrons. The Kier molecular flexibility index (Phi) is 4.29. The Morgan fingerprint density at radius 3 is 2.53 bits per heavy atom. The van der Waals surface area contributed by atoms with Gasteiger partial charge in [-0.1, -0.05) is 36.4 Å². The lowest BCUT2D eigenvalue weighted by Gasteiger charge is -2.23. The number of fused-ring (bicyclic) bond motifs is 1. The molecule has 1 aromatic heterocycles. The van der Waals surface area contributed by atoms with Gasteiger partial charge in [-0.25, -0.2) is 0 Å². The van der Waals surface area contributed by atoms with Crippen LogP contribution >= 0.6 is 0 Å². The van der Waals surface area contributed by atoms with E-state index < -0.39 is 5.54 Å². The van der Waals surface area contributed by atoms with Crippen molar-refractivity contribution in [1.29, 1.82) is 0 Å². The van der Waals surface area contributed by atoms with E-state index in [1.165, 1.54) is 5.39 Å². The molecule has 7 rings (SSSR count). The van der Waals surface area contributed by atoms with Gasteiger partial charge in [-0.05, 0) is 66.7 Å². The van der Waals surface area contributed by atoms with Gasteiger partial charge in [0.1, 0.15) is 11.4 Å². The molecule has 0 bridgehead atoms. The summed E-state index contributed by atoms with van der Waals surface area (Å²) in [5, 5.41) is 1.20. The van der Waals surface area contributed by atoms with Gasteiger partial charge < -0.3 is 9.88 Å². The molecule has 34 heavy (non-hydrogen) atoms. The number of H-pyrrole nitrogens is 1. The van der Waals surface area contributed by atoms with Crippen LogP contribution in [0.15, 0.2) is 59.7 Å². The van der Waals surface area contributed by atoms with Crippen LogP contribution in [0.3, 0.4) is 0 Å². The Labute approximate surface area is 198 Å². The van der Waals surface area contributed by atoms with Crippen molar-refractivity contribution in [3.63, 3.8) is 0 Å². The molecule has 1 unspecified atom stereocenters. The number of hydrogen-bond donors (Lipinski definition) is 1. The topological polar surface area (TPSA) is 68.8 Å². The van der Waals surface area contributed by atoms with Crippen LogP contribution in [-0.4, -0.2) is 57.6 Å². The quantitative estimate of drug-likeness (QED) is 0.630. The zero-order valence-electron chi connectivity index (χ0n) is 19.2. The van der Waals surface area contributed by atoms with Gasteiger partial charge in [0.15, 0.2) is 0 Å².